The Labute approximate surface area is 169 Å². The average Bonchev–Trinajstić information content (AvgIpc) is 3.21. The van der Waals surface area contributed by atoms with Crippen LogP contribution in [0.25, 0.3) is 5.57 Å². The molecule has 2 aliphatic heterocycles. The van der Waals surface area contributed by atoms with Gasteiger partial charge in [-0.25, -0.2) is 9.38 Å². The van der Waals surface area contributed by atoms with Crippen LogP contribution in [0.3, 0.4) is 0 Å². The maximum Gasteiger partial charge on any atom is 0.140 e. The topological polar surface area (TPSA) is 28.1 Å². The maximum atomic E-state index is 14.6. The van der Waals surface area contributed by atoms with Gasteiger partial charge in [0.2, 0.25) is 0 Å². The quantitative estimate of drug-likeness (QED) is 0.623. The van der Waals surface area contributed by atoms with Gasteiger partial charge in [0.1, 0.15) is 17.4 Å². The fraction of sp³-hybridized carbons (Fsp3) is 0.435. The van der Waals surface area contributed by atoms with Gasteiger partial charge in [-0.1, -0.05) is 12.7 Å². The van der Waals surface area contributed by atoms with Crippen LogP contribution in [0.4, 0.5) is 4.39 Å². The maximum absolute atomic E-state index is 14.6. The highest BCUT2D eigenvalue weighted by molar-refractivity contribution is 5.97. The molecule has 1 aromatic rings. The van der Waals surface area contributed by atoms with E-state index in [-0.39, 0.29) is 7.24 Å². The number of benzene rings is 1. The Hall–Kier alpha value is -2.40. The van der Waals surface area contributed by atoms with E-state index in [1.807, 2.05) is 31.1 Å². The lowest BCUT2D eigenvalue weighted by Crippen LogP contribution is -2.22. The van der Waals surface area contributed by atoms with E-state index >= 15 is 0 Å². The third-order valence-electron chi connectivity index (χ3n) is 5.16. The molecule has 2 aliphatic rings. The molecule has 0 N–H and O–H groups in total. The predicted molar refractivity (Wildman–Crippen MR) is 116 cm³/mol. The number of allylic oxidation sites excluding steroid dienone is 3. The Morgan fingerprint density at radius 3 is 2.86 bits per heavy atom. The van der Waals surface area contributed by atoms with Crippen LogP contribution in [0, 0.1) is 5.82 Å². The minimum Gasteiger partial charge on any atom is -0.494 e. The molecular formula is C23H32FN3O. The van der Waals surface area contributed by atoms with Crippen molar-refractivity contribution in [2.24, 2.45) is 4.99 Å². The molecule has 0 radical (unpaired) electrons. The fourth-order valence-electron chi connectivity index (χ4n) is 3.69. The lowest BCUT2D eigenvalue weighted by molar-refractivity contribution is 0.336. The van der Waals surface area contributed by atoms with Crippen LogP contribution in [0.15, 0.2) is 53.9 Å². The van der Waals surface area contributed by atoms with Gasteiger partial charge in [-0.05, 0) is 76.5 Å². The van der Waals surface area contributed by atoms with E-state index in [0.717, 1.165) is 25.1 Å². The summed E-state index contributed by atoms with van der Waals surface area (Å²) in [5, 5.41) is 0. The summed E-state index contributed by atoms with van der Waals surface area (Å²) in [5.74, 6) is 1.04. The highest BCUT2D eigenvalue weighted by Crippen LogP contribution is 2.30. The van der Waals surface area contributed by atoms with Crippen LogP contribution in [0.5, 0.6) is 5.75 Å². The van der Waals surface area contributed by atoms with Gasteiger partial charge in [-0.15, -0.1) is 0 Å². The number of rotatable bonds is 8. The lowest BCUT2D eigenvalue weighted by Gasteiger charge is -2.23. The molecule has 3 rings (SSSR count). The minimum atomic E-state index is -0.306. The van der Waals surface area contributed by atoms with Crippen LogP contribution in [0.1, 0.15) is 39.6 Å². The minimum absolute atomic E-state index is 0. The van der Waals surface area contributed by atoms with Crippen molar-refractivity contribution in [3.8, 4) is 5.75 Å². The Morgan fingerprint density at radius 1 is 1.36 bits per heavy atom. The monoisotopic (exact) mass is 385 g/mol. The second-order valence-corrected chi connectivity index (χ2v) is 7.20. The van der Waals surface area contributed by atoms with Crippen LogP contribution in [-0.2, 0) is 0 Å². The third-order valence-corrected chi connectivity index (χ3v) is 5.16. The molecule has 152 valence electrons. The SMILES string of the molecule is C=C/C(=C1/N=C(CCCN2CCCC2)C=CN1C)c1cc(OCC)ccc1F.[HH]. The normalized spacial score (nSPS) is 19.0. The summed E-state index contributed by atoms with van der Waals surface area (Å²) in [6.07, 6.45) is 10.3. The smallest absolute Gasteiger partial charge is 0.140 e. The van der Waals surface area contributed by atoms with Gasteiger partial charge in [0.25, 0.3) is 0 Å². The van der Waals surface area contributed by atoms with Crippen LogP contribution in [-0.4, -0.2) is 48.8 Å². The molecule has 0 bridgehead atoms. The molecule has 5 heteroatoms. The molecule has 2 heterocycles. The number of likely N-dealkylation sites (tertiary alicyclic amines) is 1. The Bertz CT molecular complexity index is 797. The molecule has 4 nitrogen and oxygen atoms in total. The second kappa shape index (κ2) is 9.69. The zero-order chi connectivity index (χ0) is 19.9. The number of hydrogen-bond donors (Lipinski definition) is 0. The Morgan fingerprint density at radius 2 is 2.14 bits per heavy atom. The van der Waals surface area contributed by atoms with E-state index in [9.17, 15) is 4.39 Å². The average molecular weight is 386 g/mol. The largest absolute Gasteiger partial charge is 0.494 e. The van der Waals surface area contributed by atoms with Crippen molar-refractivity contribution in [3.05, 3.63) is 60.3 Å². The summed E-state index contributed by atoms with van der Waals surface area (Å²) in [6.45, 7) is 9.90. The van der Waals surface area contributed by atoms with Gasteiger partial charge in [-0.2, -0.15) is 0 Å². The third kappa shape index (κ3) is 4.90. The van der Waals surface area contributed by atoms with Crippen LogP contribution < -0.4 is 4.74 Å². The summed E-state index contributed by atoms with van der Waals surface area (Å²) < 4.78 is 20.1. The Balaban J connectivity index is 0.00000300. The van der Waals surface area contributed by atoms with E-state index in [1.54, 1.807) is 18.2 Å². The molecular weight excluding hydrogens is 353 g/mol. The van der Waals surface area contributed by atoms with E-state index in [0.29, 0.717) is 29.3 Å². The van der Waals surface area contributed by atoms with Gasteiger partial charge in [-0.3, -0.25) is 0 Å². The van der Waals surface area contributed by atoms with E-state index < -0.39 is 0 Å². The highest BCUT2D eigenvalue weighted by Gasteiger charge is 2.18. The number of hydrogen-bond acceptors (Lipinski definition) is 4. The molecule has 1 aromatic carbocycles. The van der Waals surface area contributed by atoms with Crippen molar-refractivity contribution in [3.63, 3.8) is 0 Å². The number of aliphatic imine (C=N–C) groups is 1. The summed E-state index contributed by atoms with van der Waals surface area (Å²) in [4.78, 5) is 9.25. The first-order valence-corrected chi connectivity index (χ1v) is 10.1. The zero-order valence-corrected chi connectivity index (χ0v) is 17.0. The first kappa shape index (κ1) is 20.3. The van der Waals surface area contributed by atoms with Crippen LogP contribution >= 0.6 is 0 Å². The molecule has 1 fully saturated rings. The molecule has 28 heavy (non-hydrogen) atoms. The van der Waals surface area contributed by atoms with Gasteiger partial charge in [0, 0.05) is 31.5 Å². The van der Waals surface area contributed by atoms with Crippen molar-refractivity contribution in [2.75, 3.05) is 33.3 Å². The number of ether oxygens (including phenoxy) is 1. The predicted octanol–water partition coefficient (Wildman–Crippen LogP) is 5.10. The van der Waals surface area contributed by atoms with Crippen molar-refractivity contribution in [1.82, 2.24) is 9.80 Å². The van der Waals surface area contributed by atoms with E-state index in [2.05, 4.69) is 11.5 Å². The summed E-state index contributed by atoms with van der Waals surface area (Å²) in [5.41, 5.74) is 2.15. The first-order valence-electron chi connectivity index (χ1n) is 10.1. The molecule has 0 saturated carbocycles. The molecule has 0 aromatic heterocycles. The Kier molecular flexibility index (Phi) is 7.04. The molecule has 0 atom stereocenters. The zero-order valence-electron chi connectivity index (χ0n) is 17.0. The van der Waals surface area contributed by atoms with Crippen molar-refractivity contribution < 1.29 is 10.6 Å². The molecule has 0 amide bonds. The summed E-state index contributed by atoms with van der Waals surface area (Å²) >= 11 is 0. The van der Waals surface area contributed by atoms with Gasteiger partial charge >= 0.3 is 0 Å². The second-order valence-electron chi connectivity index (χ2n) is 7.20. The molecule has 0 spiro atoms. The summed E-state index contributed by atoms with van der Waals surface area (Å²) in [7, 11) is 1.92. The van der Waals surface area contributed by atoms with E-state index in [1.165, 1.54) is 32.0 Å². The number of nitrogens with zero attached hydrogens (tertiary/aromatic N) is 3. The van der Waals surface area contributed by atoms with Gasteiger partial charge in [0.05, 0.1) is 6.61 Å². The first-order chi connectivity index (χ1) is 13.6. The molecule has 0 unspecified atom stereocenters. The number of halogens is 1. The van der Waals surface area contributed by atoms with E-state index in [4.69, 9.17) is 9.73 Å². The summed E-state index contributed by atoms with van der Waals surface area (Å²) in [6, 6.07) is 4.80. The standard InChI is InChI=1S/C23H30FN3O.H2/c1-4-20(21-17-19(28-5-2)10-11-22(21)24)23-25-18(12-16-26(23)3)9-8-15-27-13-6-7-14-27;/h4,10-12,16-17H,1,5-9,13-15H2,2-3H3;1H/b23-20+;. The fourth-order valence-corrected chi connectivity index (χ4v) is 3.69. The van der Waals surface area contributed by atoms with Gasteiger partial charge < -0.3 is 14.5 Å². The van der Waals surface area contributed by atoms with Crippen LogP contribution in [0.2, 0.25) is 0 Å². The lowest BCUT2D eigenvalue weighted by atomic mass is 10.0. The highest BCUT2D eigenvalue weighted by atomic mass is 19.1. The molecule has 1 saturated heterocycles. The molecule has 0 aliphatic carbocycles. The van der Waals surface area contributed by atoms with Crippen molar-refractivity contribution in [1.29, 1.82) is 0 Å². The van der Waals surface area contributed by atoms with Gasteiger partial charge in [0.15, 0.2) is 0 Å². The van der Waals surface area contributed by atoms with Crippen molar-refractivity contribution >= 4 is 11.3 Å². The van der Waals surface area contributed by atoms with Crippen molar-refractivity contribution in [2.45, 2.75) is 32.6 Å².